The van der Waals surface area contributed by atoms with E-state index >= 15 is 0 Å². The van der Waals surface area contributed by atoms with Crippen LogP contribution in [0.2, 0.25) is 0 Å². The van der Waals surface area contributed by atoms with Crippen molar-refractivity contribution < 1.29 is 14.3 Å². The average molecular weight is 627 g/mol. The molecule has 2 aromatic carbocycles. The van der Waals surface area contributed by atoms with Gasteiger partial charge in [-0.25, -0.2) is 4.98 Å². The third-order valence-electron chi connectivity index (χ3n) is 6.35. The van der Waals surface area contributed by atoms with Crippen LogP contribution in [0.4, 0.5) is 28.8 Å². The number of hydrogen-bond donors (Lipinski definition) is 4. The van der Waals surface area contributed by atoms with Crippen molar-refractivity contribution in [2.75, 3.05) is 55.3 Å². The summed E-state index contributed by atoms with van der Waals surface area (Å²) in [6.07, 6.45) is 3.61. The lowest BCUT2D eigenvalue weighted by Gasteiger charge is -2.26. The summed E-state index contributed by atoms with van der Waals surface area (Å²) in [6.45, 7) is 4.70. The molecule has 11 heteroatoms. The van der Waals surface area contributed by atoms with Gasteiger partial charge in [-0.15, -0.1) is 0 Å². The number of aromatic nitrogens is 2. The van der Waals surface area contributed by atoms with Crippen LogP contribution in [0.1, 0.15) is 23.2 Å². The molecule has 4 N–H and O–H groups in total. The first-order valence-corrected chi connectivity index (χ1v) is 13.8. The fourth-order valence-electron chi connectivity index (χ4n) is 4.01. The van der Waals surface area contributed by atoms with E-state index in [4.69, 9.17) is 4.74 Å². The molecule has 1 saturated heterocycles. The number of halogens is 1. The molecule has 2 aliphatic rings. The molecule has 0 atom stereocenters. The van der Waals surface area contributed by atoms with Crippen molar-refractivity contribution in [1.29, 1.82) is 0 Å². The molecule has 2 fully saturated rings. The fourth-order valence-corrected chi connectivity index (χ4v) is 4.41. The summed E-state index contributed by atoms with van der Waals surface area (Å²) in [4.78, 5) is 36.1. The van der Waals surface area contributed by atoms with E-state index in [0.29, 0.717) is 29.6 Å². The molecular formula is C27H30IN7O3. The second kappa shape index (κ2) is 12.5. The Labute approximate surface area is 235 Å². The Morgan fingerprint density at radius 1 is 1.00 bits per heavy atom. The lowest BCUT2D eigenvalue weighted by molar-refractivity contribution is -0.117. The minimum Gasteiger partial charge on any atom is -0.379 e. The molecule has 38 heavy (non-hydrogen) atoms. The lowest BCUT2D eigenvalue weighted by atomic mass is 10.2. The first-order chi connectivity index (χ1) is 18.5. The Morgan fingerprint density at radius 3 is 2.47 bits per heavy atom. The molecule has 1 aliphatic heterocycles. The molecule has 1 saturated carbocycles. The number of amides is 2. The molecule has 5 rings (SSSR count). The number of hydrogen-bond acceptors (Lipinski definition) is 8. The molecule has 0 spiro atoms. The smallest absolute Gasteiger partial charge is 0.251 e. The van der Waals surface area contributed by atoms with E-state index in [0.717, 1.165) is 60.6 Å². The van der Waals surface area contributed by atoms with E-state index in [1.807, 2.05) is 36.4 Å². The lowest BCUT2D eigenvalue weighted by Crippen LogP contribution is -2.41. The second-order valence-corrected chi connectivity index (χ2v) is 10.4. The van der Waals surface area contributed by atoms with Gasteiger partial charge < -0.3 is 26.0 Å². The highest BCUT2D eigenvalue weighted by Crippen LogP contribution is 2.33. The van der Waals surface area contributed by atoms with Crippen molar-refractivity contribution in [3.63, 3.8) is 0 Å². The minimum absolute atomic E-state index is 0.0493. The maximum Gasteiger partial charge on any atom is 0.251 e. The van der Waals surface area contributed by atoms with Gasteiger partial charge in [-0.2, -0.15) is 4.98 Å². The van der Waals surface area contributed by atoms with Crippen LogP contribution in [-0.2, 0) is 9.53 Å². The highest BCUT2D eigenvalue weighted by molar-refractivity contribution is 14.1. The molecular weight excluding hydrogens is 597 g/mol. The van der Waals surface area contributed by atoms with Crippen LogP contribution < -0.4 is 21.3 Å². The van der Waals surface area contributed by atoms with Gasteiger partial charge in [0.2, 0.25) is 11.9 Å². The number of anilines is 5. The van der Waals surface area contributed by atoms with E-state index in [1.54, 1.807) is 18.3 Å². The van der Waals surface area contributed by atoms with Gasteiger partial charge in [0.25, 0.3) is 5.91 Å². The van der Waals surface area contributed by atoms with E-state index in [2.05, 4.69) is 58.7 Å². The average Bonchev–Trinajstić information content (AvgIpc) is 3.79. The van der Waals surface area contributed by atoms with Crippen LogP contribution in [0.3, 0.4) is 0 Å². The molecule has 0 radical (unpaired) electrons. The van der Waals surface area contributed by atoms with Crippen LogP contribution in [0, 0.1) is 9.49 Å². The zero-order valence-electron chi connectivity index (χ0n) is 20.9. The summed E-state index contributed by atoms with van der Waals surface area (Å²) in [5.74, 6) is 1.09. The van der Waals surface area contributed by atoms with Crippen molar-refractivity contribution in [2.24, 2.45) is 5.92 Å². The van der Waals surface area contributed by atoms with Crippen molar-refractivity contribution in [2.45, 2.75) is 12.8 Å². The Kier molecular flexibility index (Phi) is 8.66. The molecule has 198 valence electrons. The van der Waals surface area contributed by atoms with Crippen LogP contribution in [-0.4, -0.2) is 66.1 Å². The van der Waals surface area contributed by atoms with Crippen LogP contribution in [0.15, 0.2) is 54.7 Å². The second-order valence-electron chi connectivity index (χ2n) is 9.24. The van der Waals surface area contributed by atoms with Gasteiger partial charge in [0.1, 0.15) is 5.82 Å². The summed E-state index contributed by atoms with van der Waals surface area (Å²) in [6, 6.07) is 14.8. The third-order valence-corrected chi connectivity index (χ3v) is 7.14. The fraction of sp³-hybridized carbons (Fsp3) is 0.333. The Morgan fingerprint density at radius 2 is 1.74 bits per heavy atom. The summed E-state index contributed by atoms with van der Waals surface area (Å²) < 4.78 is 6.19. The molecule has 10 nitrogen and oxygen atoms in total. The van der Waals surface area contributed by atoms with E-state index in [1.165, 1.54) is 0 Å². The SMILES string of the molecule is O=C(NCCN1CCOCC1)c1ccc(Nc2ncc(I)c(Nc3ccccc3NC(=O)C3CC3)n2)cc1. The van der Waals surface area contributed by atoms with Crippen LogP contribution in [0.25, 0.3) is 0 Å². The van der Waals surface area contributed by atoms with E-state index in [9.17, 15) is 9.59 Å². The highest BCUT2D eigenvalue weighted by atomic mass is 127. The molecule has 2 amide bonds. The predicted molar refractivity (Wildman–Crippen MR) is 155 cm³/mol. The van der Waals surface area contributed by atoms with E-state index in [-0.39, 0.29) is 17.7 Å². The number of morpholine rings is 1. The number of ether oxygens (including phenoxy) is 1. The number of carbonyl (C=O) groups excluding carboxylic acids is 2. The zero-order chi connectivity index (χ0) is 26.3. The Bertz CT molecular complexity index is 1280. The van der Waals surface area contributed by atoms with Gasteiger partial charge in [-0.1, -0.05) is 12.1 Å². The molecule has 1 aromatic heterocycles. The van der Waals surface area contributed by atoms with Crippen molar-refractivity contribution in [3.05, 3.63) is 63.9 Å². The Balaban J connectivity index is 1.18. The molecule has 0 unspecified atom stereocenters. The standard InChI is InChI=1S/C27H30IN7O3/c28-21-17-30-27(34-24(21)32-22-3-1-2-4-23(22)33-26(37)19-5-6-19)31-20-9-7-18(8-10-20)25(36)29-11-12-35-13-15-38-16-14-35/h1-4,7-10,17,19H,5-6,11-16H2,(H,29,36)(H,33,37)(H2,30,31,32,34). The largest absolute Gasteiger partial charge is 0.379 e. The van der Waals surface area contributed by atoms with Crippen molar-refractivity contribution >= 4 is 63.2 Å². The summed E-state index contributed by atoms with van der Waals surface area (Å²) >= 11 is 2.17. The van der Waals surface area contributed by atoms with Crippen molar-refractivity contribution in [3.8, 4) is 0 Å². The topological polar surface area (TPSA) is 121 Å². The van der Waals surface area contributed by atoms with Gasteiger partial charge in [0, 0.05) is 49.5 Å². The molecule has 0 bridgehead atoms. The highest BCUT2D eigenvalue weighted by Gasteiger charge is 2.30. The maximum atomic E-state index is 12.5. The number of nitrogens with one attached hydrogen (secondary N) is 4. The van der Waals surface area contributed by atoms with Crippen molar-refractivity contribution in [1.82, 2.24) is 20.2 Å². The first-order valence-electron chi connectivity index (χ1n) is 12.7. The van der Waals surface area contributed by atoms with Gasteiger partial charge in [-0.05, 0) is 71.8 Å². The third kappa shape index (κ3) is 7.17. The normalized spacial score (nSPS) is 15.5. The van der Waals surface area contributed by atoms with Crippen LogP contribution >= 0.6 is 22.6 Å². The number of nitrogens with zero attached hydrogens (tertiary/aromatic N) is 3. The number of para-hydroxylation sites is 2. The van der Waals surface area contributed by atoms with Crippen LogP contribution in [0.5, 0.6) is 0 Å². The zero-order valence-corrected chi connectivity index (χ0v) is 23.0. The monoisotopic (exact) mass is 627 g/mol. The summed E-state index contributed by atoms with van der Waals surface area (Å²) in [5, 5.41) is 12.5. The summed E-state index contributed by atoms with van der Waals surface area (Å²) in [5.41, 5.74) is 2.83. The van der Waals surface area contributed by atoms with E-state index < -0.39 is 0 Å². The maximum absolute atomic E-state index is 12.5. The molecule has 1 aliphatic carbocycles. The minimum atomic E-state index is -0.103. The molecule has 2 heterocycles. The molecule has 3 aromatic rings. The van der Waals surface area contributed by atoms with Gasteiger partial charge >= 0.3 is 0 Å². The summed E-state index contributed by atoms with van der Waals surface area (Å²) in [7, 11) is 0. The number of rotatable bonds is 10. The first kappa shape index (κ1) is 26.3. The van der Waals surface area contributed by atoms with Gasteiger partial charge in [0.05, 0.1) is 28.2 Å². The number of carbonyl (C=O) groups is 2. The van der Waals surface area contributed by atoms with Gasteiger partial charge in [-0.3, -0.25) is 14.5 Å². The Hall–Kier alpha value is -3.29. The number of benzene rings is 2. The predicted octanol–water partition coefficient (Wildman–Crippen LogP) is 3.98. The quantitative estimate of drug-likeness (QED) is 0.250. The van der Waals surface area contributed by atoms with Gasteiger partial charge in [0.15, 0.2) is 0 Å².